The molecule has 13 atom stereocenters. The molecule has 1 aliphatic carbocycles. The first-order chi connectivity index (χ1) is 15.5. The first kappa shape index (κ1) is 27.1. The van der Waals surface area contributed by atoms with Crippen LogP contribution in [0.25, 0.3) is 0 Å². The second kappa shape index (κ2) is 11.1. The Balaban J connectivity index is 1.68. The van der Waals surface area contributed by atoms with Crippen molar-refractivity contribution in [2.75, 3.05) is 20.7 Å². The molecule has 3 aliphatic rings. The lowest BCUT2D eigenvalue weighted by atomic mass is 9.84. The maximum atomic E-state index is 11.1. The zero-order valence-electron chi connectivity index (χ0n) is 20.0. The summed E-state index contributed by atoms with van der Waals surface area (Å²) in [4.78, 5) is 0. The summed E-state index contributed by atoms with van der Waals surface area (Å²) >= 11 is 0. The number of nitrogens with one attached hydrogen (secondary N) is 2. The van der Waals surface area contributed by atoms with Gasteiger partial charge in [0.15, 0.2) is 12.6 Å². The Morgan fingerprint density at radius 2 is 1.58 bits per heavy atom. The largest absolute Gasteiger partial charge is 0.388 e. The van der Waals surface area contributed by atoms with Gasteiger partial charge in [0, 0.05) is 18.1 Å². The van der Waals surface area contributed by atoms with Crippen LogP contribution in [0.1, 0.15) is 33.1 Å². The van der Waals surface area contributed by atoms with E-state index < -0.39 is 60.7 Å². The van der Waals surface area contributed by atoms with E-state index in [-0.39, 0.29) is 24.8 Å². The van der Waals surface area contributed by atoms with Crippen LogP contribution < -0.4 is 27.8 Å². The summed E-state index contributed by atoms with van der Waals surface area (Å²) in [6.07, 6.45) is -4.22. The lowest BCUT2D eigenvalue weighted by molar-refractivity contribution is -0.307. The number of hydrogen-bond donors (Lipinski definition) is 8. The normalized spacial score (nSPS) is 50.2. The predicted molar refractivity (Wildman–Crippen MR) is 120 cm³/mol. The van der Waals surface area contributed by atoms with Crippen LogP contribution in [-0.4, -0.2) is 115 Å². The van der Waals surface area contributed by atoms with Crippen LogP contribution in [0.15, 0.2) is 0 Å². The smallest absolute Gasteiger partial charge is 0.185 e. The summed E-state index contributed by atoms with van der Waals surface area (Å²) in [6, 6.07) is -2.11. The van der Waals surface area contributed by atoms with Gasteiger partial charge in [-0.15, -0.1) is 0 Å². The molecule has 2 saturated heterocycles. The van der Waals surface area contributed by atoms with Gasteiger partial charge < -0.3 is 62.1 Å². The van der Waals surface area contributed by atoms with Crippen LogP contribution >= 0.6 is 0 Å². The molecule has 2 unspecified atom stereocenters. The van der Waals surface area contributed by atoms with E-state index >= 15 is 0 Å². The SMILES string of the molecule is CN[C@@H](C)[C@@H]1CC[C@@H](N)C(O[C@@H]2[C@@H](N)C[C@@H](N)C(O[C@H]3OC[C@](C)(O)[C@H](NC)[C@H]3O)[C@@H]2O)O1. The molecule has 3 fully saturated rings. The van der Waals surface area contributed by atoms with Crippen LogP contribution in [0.2, 0.25) is 0 Å². The highest BCUT2D eigenvalue weighted by Crippen LogP contribution is 2.31. The molecular formula is C21H43N5O7. The molecule has 12 nitrogen and oxygen atoms in total. The van der Waals surface area contributed by atoms with Crippen molar-refractivity contribution < 1.29 is 34.3 Å². The summed E-state index contributed by atoms with van der Waals surface area (Å²) in [6.45, 7) is 3.52. The third-order valence-electron chi connectivity index (χ3n) is 7.24. The van der Waals surface area contributed by atoms with E-state index in [1.165, 1.54) is 0 Å². The zero-order valence-corrected chi connectivity index (χ0v) is 20.0. The molecule has 0 bridgehead atoms. The summed E-state index contributed by atoms with van der Waals surface area (Å²) in [5, 5.41) is 38.3. The van der Waals surface area contributed by atoms with Crippen molar-refractivity contribution in [3.05, 3.63) is 0 Å². The fraction of sp³-hybridized carbons (Fsp3) is 1.00. The highest BCUT2D eigenvalue weighted by Gasteiger charge is 2.50. The number of aliphatic hydroxyl groups excluding tert-OH is 2. The van der Waals surface area contributed by atoms with Gasteiger partial charge in [-0.05, 0) is 47.2 Å². The molecule has 3 rings (SSSR count). The molecule has 0 spiro atoms. The average molecular weight is 478 g/mol. The van der Waals surface area contributed by atoms with Gasteiger partial charge in [-0.25, -0.2) is 0 Å². The quantitative estimate of drug-likeness (QED) is 0.182. The minimum atomic E-state index is -1.29. The molecule has 12 heteroatoms. The van der Waals surface area contributed by atoms with E-state index in [4.69, 9.17) is 36.1 Å². The molecule has 11 N–H and O–H groups in total. The second-order valence-electron chi connectivity index (χ2n) is 9.91. The number of hydrogen-bond acceptors (Lipinski definition) is 12. The minimum Gasteiger partial charge on any atom is -0.388 e. The first-order valence-electron chi connectivity index (χ1n) is 11.8. The van der Waals surface area contributed by atoms with Gasteiger partial charge in [-0.2, -0.15) is 0 Å². The Morgan fingerprint density at radius 1 is 0.970 bits per heavy atom. The van der Waals surface area contributed by atoms with Crippen molar-refractivity contribution in [2.45, 2.75) is 112 Å². The lowest BCUT2D eigenvalue weighted by Crippen LogP contribution is -2.68. The van der Waals surface area contributed by atoms with Crippen LogP contribution in [0.4, 0.5) is 0 Å². The van der Waals surface area contributed by atoms with Crippen LogP contribution in [0, 0.1) is 0 Å². The number of ether oxygens (including phenoxy) is 4. The first-order valence-corrected chi connectivity index (χ1v) is 11.8. The zero-order chi connectivity index (χ0) is 24.5. The van der Waals surface area contributed by atoms with Crippen molar-refractivity contribution >= 4 is 0 Å². The van der Waals surface area contributed by atoms with Gasteiger partial charge in [0.25, 0.3) is 0 Å². The Bertz CT molecular complexity index is 632. The Morgan fingerprint density at radius 3 is 2.15 bits per heavy atom. The van der Waals surface area contributed by atoms with Crippen molar-refractivity contribution in [3.8, 4) is 0 Å². The van der Waals surface area contributed by atoms with Crippen molar-refractivity contribution in [3.63, 3.8) is 0 Å². The summed E-state index contributed by atoms with van der Waals surface area (Å²) in [7, 11) is 3.49. The van der Waals surface area contributed by atoms with Gasteiger partial charge in [0.2, 0.25) is 0 Å². The highest BCUT2D eigenvalue weighted by molar-refractivity contribution is 5.02. The van der Waals surface area contributed by atoms with E-state index in [0.717, 1.165) is 6.42 Å². The molecular weight excluding hydrogens is 434 g/mol. The standard InChI is InChI=1S/C21H43N5O7/c1-9(25-3)13-6-5-10(22)19(31-13)32-16-11(23)7-12(24)17(14(16)27)33-20-15(28)18(26-4)21(2,29)8-30-20/h9-20,25-29H,5-8,22-24H2,1-4H3/t9-,10+,11-,12+,13-,14+,15+,16+,17?,18+,19?,20+,21-/m0/s1. The molecule has 33 heavy (non-hydrogen) atoms. The van der Waals surface area contributed by atoms with E-state index in [9.17, 15) is 15.3 Å². The molecule has 2 aliphatic heterocycles. The third kappa shape index (κ3) is 5.85. The molecule has 1 saturated carbocycles. The number of nitrogens with two attached hydrogens (primary N) is 3. The minimum absolute atomic E-state index is 0.0620. The topological polar surface area (TPSA) is 200 Å². The van der Waals surface area contributed by atoms with Crippen molar-refractivity contribution in [1.82, 2.24) is 10.6 Å². The van der Waals surface area contributed by atoms with E-state index in [1.54, 1.807) is 14.0 Å². The average Bonchev–Trinajstić information content (AvgIpc) is 2.76. The summed E-state index contributed by atoms with van der Waals surface area (Å²) in [5.41, 5.74) is 17.5. The Kier molecular flexibility index (Phi) is 9.09. The molecule has 0 radical (unpaired) electrons. The van der Waals surface area contributed by atoms with Crippen molar-refractivity contribution in [1.29, 1.82) is 0 Å². The Hall–Kier alpha value is -0.480. The maximum Gasteiger partial charge on any atom is 0.185 e. The molecule has 0 aromatic heterocycles. The fourth-order valence-corrected chi connectivity index (χ4v) is 5.04. The van der Waals surface area contributed by atoms with Gasteiger partial charge in [0.1, 0.15) is 30.0 Å². The van der Waals surface area contributed by atoms with Crippen LogP contribution in [0.5, 0.6) is 0 Å². The number of rotatable bonds is 7. The number of likely N-dealkylation sites (N-methyl/N-ethyl adjacent to an activating group) is 2. The fourth-order valence-electron chi connectivity index (χ4n) is 5.04. The van der Waals surface area contributed by atoms with E-state index in [0.29, 0.717) is 12.8 Å². The van der Waals surface area contributed by atoms with E-state index in [2.05, 4.69) is 10.6 Å². The Labute approximate surface area is 195 Å². The molecule has 0 aromatic rings. The van der Waals surface area contributed by atoms with Gasteiger partial charge in [0.05, 0.1) is 24.8 Å². The summed E-state index contributed by atoms with van der Waals surface area (Å²) in [5.74, 6) is 0. The van der Waals surface area contributed by atoms with Gasteiger partial charge in [-0.1, -0.05) is 0 Å². The summed E-state index contributed by atoms with van der Waals surface area (Å²) < 4.78 is 23.7. The van der Waals surface area contributed by atoms with Crippen LogP contribution in [-0.2, 0) is 18.9 Å². The van der Waals surface area contributed by atoms with Crippen LogP contribution in [0.3, 0.4) is 0 Å². The van der Waals surface area contributed by atoms with Gasteiger partial charge >= 0.3 is 0 Å². The monoisotopic (exact) mass is 477 g/mol. The predicted octanol–water partition coefficient (Wildman–Crippen LogP) is -3.33. The molecule has 0 aromatic carbocycles. The van der Waals surface area contributed by atoms with E-state index in [1.807, 2.05) is 14.0 Å². The second-order valence-corrected chi connectivity index (χ2v) is 9.91. The van der Waals surface area contributed by atoms with Gasteiger partial charge in [-0.3, -0.25) is 0 Å². The van der Waals surface area contributed by atoms with Crippen molar-refractivity contribution in [2.24, 2.45) is 17.2 Å². The third-order valence-corrected chi connectivity index (χ3v) is 7.24. The highest BCUT2D eigenvalue weighted by atomic mass is 16.7. The lowest BCUT2D eigenvalue weighted by Gasteiger charge is -2.48. The number of aliphatic hydroxyl groups is 3. The maximum absolute atomic E-state index is 11.1. The molecule has 194 valence electrons. The molecule has 2 heterocycles. The molecule has 0 amide bonds.